The van der Waals surface area contributed by atoms with Crippen LogP contribution in [0, 0.1) is 12.8 Å². The van der Waals surface area contributed by atoms with E-state index in [9.17, 15) is 9.59 Å². The fourth-order valence-corrected chi connectivity index (χ4v) is 2.52. The monoisotopic (exact) mass is 338 g/mol. The first-order chi connectivity index (χ1) is 11.8. The van der Waals surface area contributed by atoms with Crippen LogP contribution in [-0.4, -0.2) is 11.8 Å². The maximum absolute atomic E-state index is 12.6. The fraction of sp³-hybridized carbons (Fsp3) is 0.333. The van der Waals surface area contributed by atoms with Gasteiger partial charge >= 0.3 is 0 Å². The Hall–Kier alpha value is -2.62. The van der Waals surface area contributed by atoms with E-state index in [4.69, 9.17) is 0 Å². The molecule has 0 heterocycles. The highest BCUT2D eigenvalue weighted by Crippen LogP contribution is 2.28. The summed E-state index contributed by atoms with van der Waals surface area (Å²) >= 11 is 0. The van der Waals surface area contributed by atoms with Gasteiger partial charge in [-0.25, -0.2) is 0 Å². The molecule has 2 amide bonds. The molecule has 0 aromatic heterocycles. The van der Waals surface area contributed by atoms with Crippen LogP contribution in [0.2, 0.25) is 0 Å². The molecule has 0 spiro atoms. The van der Waals surface area contributed by atoms with Crippen molar-refractivity contribution in [3.63, 3.8) is 0 Å². The molecule has 132 valence electrons. The minimum Gasteiger partial charge on any atom is -0.326 e. The lowest BCUT2D eigenvalue weighted by atomic mass is 9.98. The predicted molar refractivity (Wildman–Crippen MR) is 103 cm³/mol. The van der Waals surface area contributed by atoms with Crippen LogP contribution in [0.25, 0.3) is 0 Å². The number of hydrogen-bond acceptors (Lipinski definition) is 2. The Balaban J connectivity index is 2.16. The Kier molecular flexibility index (Phi) is 5.97. The summed E-state index contributed by atoms with van der Waals surface area (Å²) in [5.74, 6) is 0.0407. The van der Waals surface area contributed by atoms with E-state index in [1.54, 1.807) is 24.3 Å². The number of aryl methyl sites for hydroxylation is 1. The maximum atomic E-state index is 12.6. The van der Waals surface area contributed by atoms with E-state index in [1.165, 1.54) is 0 Å². The molecule has 0 fully saturated rings. The van der Waals surface area contributed by atoms with E-state index < -0.39 is 0 Å². The lowest BCUT2D eigenvalue weighted by Crippen LogP contribution is -2.18. The quantitative estimate of drug-likeness (QED) is 0.809. The SMILES string of the molecule is Cc1cccc(C(C)C)c1NC(=O)c1ccc(NC(=O)C(C)C)cc1. The third-order valence-electron chi connectivity index (χ3n) is 4.10. The van der Waals surface area contributed by atoms with Crippen molar-refractivity contribution < 1.29 is 9.59 Å². The molecule has 0 atom stereocenters. The van der Waals surface area contributed by atoms with Crippen molar-refractivity contribution >= 4 is 23.2 Å². The van der Waals surface area contributed by atoms with Gasteiger partial charge in [-0.3, -0.25) is 9.59 Å². The Bertz CT molecular complexity index is 762. The number of amides is 2. The van der Waals surface area contributed by atoms with Crippen LogP contribution in [0.5, 0.6) is 0 Å². The third-order valence-corrected chi connectivity index (χ3v) is 4.10. The van der Waals surface area contributed by atoms with Crippen LogP contribution in [0.15, 0.2) is 42.5 Å². The summed E-state index contributed by atoms with van der Waals surface area (Å²) in [5, 5.41) is 5.85. The number of nitrogens with one attached hydrogen (secondary N) is 2. The first-order valence-electron chi connectivity index (χ1n) is 8.61. The molecular formula is C21H26N2O2. The molecule has 2 aromatic carbocycles. The summed E-state index contributed by atoms with van der Waals surface area (Å²) in [5.41, 5.74) is 4.28. The van der Waals surface area contributed by atoms with Gasteiger partial charge in [0.25, 0.3) is 5.91 Å². The van der Waals surface area contributed by atoms with E-state index in [-0.39, 0.29) is 17.7 Å². The van der Waals surface area contributed by atoms with Gasteiger partial charge in [-0.2, -0.15) is 0 Å². The molecule has 2 rings (SSSR count). The first kappa shape index (κ1) is 18.7. The highest BCUT2D eigenvalue weighted by Gasteiger charge is 2.14. The molecule has 4 heteroatoms. The van der Waals surface area contributed by atoms with Gasteiger partial charge in [0.05, 0.1) is 0 Å². The van der Waals surface area contributed by atoms with Gasteiger partial charge in [-0.1, -0.05) is 45.9 Å². The summed E-state index contributed by atoms with van der Waals surface area (Å²) < 4.78 is 0. The number of carbonyl (C=O) groups is 2. The van der Waals surface area contributed by atoms with Crippen LogP contribution in [0.1, 0.15) is 55.1 Å². The van der Waals surface area contributed by atoms with Gasteiger partial charge in [0.2, 0.25) is 5.91 Å². The average molecular weight is 338 g/mol. The van der Waals surface area contributed by atoms with Crippen LogP contribution in [0.4, 0.5) is 11.4 Å². The van der Waals surface area contributed by atoms with Crippen molar-refractivity contribution in [1.29, 1.82) is 0 Å². The van der Waals surface area contributed by atoms with E-state index in [0.29, 0.717) is 17.2 Å². The molecular weight excluding hydrogens is 312 g/mol. The number of hydrogen-bond donors (Lipinski definition) is 2. The van der Waals surface area contributed by atoms with E-state index in [1.807, 2.05) is 39.0 Å². The number of anilines is 2. The van der Waals surface area contributed by atoms with Crippen molar-refractivity contribution in [2.75, 3.05) is 10.6 Å². The van der Waals surface area contributed by atoms with Crippen LogP contribution < -0.4 is 10.6 Å². The maximum Gasteiger partial charge on any atom is 0.255 e. The highest BCUT2D eigenvalue weighted by molar-refractivity contribution is 6.05. The lowest BCUT2D eigenvalue weighted by Gasteiger charge is -2.16. The number of rotatable bonds is 5. The molecule has 4 nitrogen and oxygen atoms in total. The number of benzene rings is 2. The Morgan fingerprint density at radius 3 is 2.08 bits per heavy atom. The molecule has 0 aliphatic carbocycles. The second-order valence-electron chi connectivity index (χ2n) is 6.87. The smallest absolute Gasteiger partial charge is 0.255 e. The van der Waals surface area contributed by atoms with Crippen LogP contribution in [0.3, 0.4) is 0 Å². The van der Waals surface area contributed by atoms with Crippen molar-refractivity contribution in [2.24, 2.45) is 5.92 Å². The first-order valence-corrected chi connectivity index (χ1v) is 8.61. The number of para-hydroxylation sites is 1. The normalized spacial score (nSPS) is 10.8. The number of carbonyl (C=O) groups excluding carboxylic acids is 2. The molecule has 25 heavy (non-hydrogen) atoms. The fourth-order valence-electron chi connectivity index (χ4n) is 2.52. The summed E-state index contributed by atoms with van der Waals surface area (Å²) in [7, 11) is 0. The zero-order valence-electron chi connectivity index (χ0n) is 15.5. The summed E-state index contributed by atoms with van der Waals surface area (Å²) in [6.45, 7) is 9.89. The van der Waals surface area contributed by atoms with Gasteiger partial charge < -0.3 is 10.6 Å². The second kappa shape index (κ2) is 7.97. The zero-order valence-corrected chi connectivity index (χ0v) is 15.5. The molecule has 0 radical (unpaired) electrons. The van der Waals surface area contributed by atoms with Crippen molar-refractivity contribution in [3.8, 4) is 0 Å². The molecule has 0 unspecified atom stereocenters. The van der Waals surface area contributed by atoms with Gasteiger partial charge in [-0.05, 0) is 48.2 Å². The Morgan fingerprint density at radius 1 is 0.880 bits per heavy atom. The van der Waals surface area contributed by atoms with Crippen molar-refractivity contribution in [1.82, 2.24) is 0 Å². The van der Waals surface area contributed by atoms with E-state index in [0.717, 1.165) is 16.8 Å². The second-order valence-corrected chi connectivity index (χ2v) is 6.87. The third kappa shape index (κ3) is 4.69. The lowest BCUT2D eigenvalue weighted by molar-refractivity contribution is -0.118. The predicted octanol–water partition coefficient (Wildman–Crippen LogP) is 4.97. The molecule has 0 bridgehead atoms. The average Bonchev–Trinajstić information content (AvgIpc) is 2.56. The molecule has 0 saturated carbocycles. The molecule has 0 saturated heterocycles. The minimum absolute atomic E-state index is 0.0429. The molecule has 2 aromatic rings. The summed E-state index contributed by atoms with van der Waals surface area (Å²) in [6.07, 6.45) is 0. The van der Waals surface area contributed by atoms with Crippen LogP contribution >= 0.6 is 0 Å². The molecule has 0 aliphatic rings. The van der Waals surface area contributed by atoms with E-state index in [2.05, 4.69) is 24.5 Å². The van der Waals surface area contributed by atoms with Crippen LogP contribution in [-0.2, 0) is 4.79 Å². The van der Waals surface area contributed by atoms with Gasteiger partial charge in [0.15, 0.2) is 0 Å². The largest absolute Gasteiger partial charge is 0.326 e. The standard InChI is InChI=1S/C21H26N2O2/c1-13(2)18-8-6-7-15(5)19(18)23-21(25)16-9-11-17(12-10-16)22-20(24)14(3)4/h6-14H,1-5H3,(H,22,24)(H,23,25). The van der Waals surface area contributed by atoms with Gasteiger partial charge in [-0.15, -0.1) is 0 Å². The highest BCUT2D eigenvalue weighted by atomic mass is 16.2. The van der Waals surface area contributed by atoms with Crippen molar-refractivity contribution in [2.45, 2.75) is 40.5 Å². The van der Waals surface area contributed by atoms with Crippen molar-refractivity contribution in [3.05, 3.63) is 59.2 Å². The minimum atomic E-state index is -0.155. The zero-order chi connectivity index (χ0) is 18.6. The summed E-state index contributed by atoms with van der Waals surface area (Å²) in [6, 6.07) is 13.0. The summed E-state index contributed by atoms with van der Waals surface area (Å²) in [4.78, 5) is 24.3. The Morgan fingerprint density at radius 2 is 1.52 bits per heavy atom. The topological polar surface area (TPSA) is 58.2 Å². The van der Waals surface area contributed by atoms with E-state index >= 15 is 0 Å². The molecule has 0 aliphatic heterocycles. The van der Waals surface area contributed by atoms with Gasteiger partial charge in [0, 0.05) is 22.9 Å². The van der Waals surface area contributed by atoms with Gasteiger partial charge in [0.1, 0.15) is 0 Å². The molecule has 2 N–H and O–H groups in total. The Labute approximate surface area is 149 Å².